The number of hydrogen-bond donors (Lipinski definition) is 2. The van der Waals surface area contributed by atoms with Gasteiger partial charge < -0.3 is 11.1 Å². The Balaban J connectivity index is 1.87. The summed E-state index contributed by atoms with van der Waals surface area (Å²) in [5, 5.41) is 12.0. The predicted molar refractivity (Wildman–Crippen MR) is 79.4 cm³/mol. The third-order valence-electron chi connectivity index (χ3n) is 3.13. The number of amides is 1. The van der Waals surface area contributed by atoms with Crippen LogP contribution in [0.4, 0.5) is 5.82 Å². The fourth-order valence-corrected chi connectivity index (χ4v) is 2.09. The monoisotopic (exact) mass is 279 g/mol. The minimum atomic E-state index is -0.218. The number of benzene rings is 1. The molecular formula is C15H13N5O. The first-order valence-corrected chi connectivity index (χ1v) is 6.43. The number of nitrogens with one attached hydrogen (secondary N) is 1. The number of carbonyl (C=O) groups excluding carboxylic acids is 1. The molecule has 0 fully saturated rings. The topological polar surface area (TPSA) is 93.8 Å². The third-order valence-corrected chi connectivity index (χ3v) is 3.13. The molecule has 0 aliphatic carbocycles. The number of pyridine rings is 1. The summed E-state index contributed by atoms with van der Waals surface area (Å²) in [5.41, 5.74) is 7.01. The van der Waals surface area contributed by atoms with Gasteiger partial charge in [0.05, 0.1) is 17.8 Å². The van der Waals surface area contributed by atoms with Crippen molar-refractivity contribution >= 4 is 22.5 Å². The van der Waals surface area contributed by atoms with Crippen molar-refractivity contribution in [3.63, 3.8) is 0 Å². The standard InChI is InChI=1S/C15H13N5O/c16-14-12-6-2-1-5-11(12)13(9-17-14)15(21)18-8-10-4-3-7-19-20-10/h1-7,9H,8H2,(H2,16,17)(H,18,21). The molecular weight excluding hydrogens is 266 g/mol. The summed E-state index contributed by atoms with van der Waals surface area (Å²) in [6.07, 6.45) is 3.08. The van der Waals surface area contributed by atoms with Crippen LogP contribution in [0.2, 0.25) is 0 Å². The fraction of sp³-hybridized carbons (Fsp3) is 0.0667. The minimum absolute atomic E-state index is 0.218. The second-order valence-corrected chi connectivity index (χ2v) is 4.50. The molecule has 0 aliphatic rings. The van der Waals surface area contributed by atoms with Gasteiger partial charge in [-0.2, -0.15) is 10.2 Å². The van der Waals surface area contributed by atoms with E-state index in [1.54, 1.807) is 18.3 Å². The molecule has 0 saturated heterocycles. The Hall–Kier alpha value is -3.02. The van der Waals surface area contributed by atoms with E-state index in [1.165, 1.54) is 6.20 Å². The molecule has 3 aromatic rings. The van der Waals surface area contributed by atoms with Gasteiger partial charge >= 0.3 is 0 Å². The molecule has 21 heavy (non-hydrogen) atoms. The van der Waals surface area contributed by atoms with Crippen molar-refractivity contribution < 1.29 is 4.79 Å². The first-order chi connectivity index (χ1) is 10.3. The molecule has 0 radical (unpaired) electrons. The Bertz CT molecular complexity index is 788. The highest BCUT2D eigenvalue weighted by Crippen LogP contribution is 2.22. The van der Waals surface area contributed by atoms with Crippen molar-refractivity contribution in [3.8, 4) is 0 Å². The van der Waals surface area contributed by atoms with Crippen LogP contribution < -0.4 is 11.1 Å². The van der Waals surface area contributed by atoms with E-state index in [9.17, 15) is 4.79 Å². The number of nitrogens with two attached hydrogens (primary N) is 1. The lowest BCUT2D eigenvalue weighted by molar-refractivity contribution is 0.0951. The molecule has 1 amide bonds. The Morgan fingerprint density at radius 2 is 1.95 bits per heavy atom. The van der Waals surface area contributed by atoms with Gasteiger partial charge in [-0.15, -0.1) is 0 Å². The van der Waals surface area contributed by atoms with Crippen LogP contribution in [-0.2, 0) is 6.54 Å². The van der Waals surface area contributed by atoms with Gasteiger partial charge in [-0.3, -0.25) is 4.79 Å². The lowest BCUT2D eigenvalue weighted by atomic mass is 10.1. The van der Waals surface area contributed by atoms with Crippen LogP contribution in [0, 0.1) is 0 Å². The van der Waals surface area contributed by atoms with Crippen LogP contribution in [0.5, 0.6) is 0 Å². The summed E-state index contributed by atoms with van der Waals surface area (Å²) in [7, 11) is 0. The maximum absolute atomic E-state index is 12.3. The molecule has 0 atom stereocenters. The van der Waals surface area contributed by atoms with Crippen molar-refractivity contribution in [1.29, 1.82) is 0 Å². The number of aromatic nitrogens is 3. The maximum Gasteiger partial charge on any atom is 0.253 e. The van der Waals surface area contributed by atoms with Crippen molar-refractivity contribution in [2.45, 2.75) is 6.54 Å². The summed E-state index contributed by atoms with van der Waals surface area (Å²) in [6, 6.07) is 11.0. The van der Waals surface area contributed by atoms with Gasteiger partial charge in [0.25, 0.3) is 5.91 Å². The molecule has 6 heteroatoms. The number of hydrogen-bond acceptors (Lipinski definition) is 5. The molecule has 3 rings (SSSR count). The first kappa shape index (κ1) is 13.0. The van der Waals surface area contributed by atoms with Gasteiger partial charge in [-0.25, -0.2) is 4.98 Å². The van der Waals surface area contributed by atoms with Crippen molar-refractivity contribution in [2.75, 3.05) is 5.73 Å². The summed E-state index contributed by atoms with van der Waals surface area (Å²) >= 11 is 0. The van der Waals surface area contributed by atoms with Gasteiger partial charge in [0, 0.05) is 17.8 Å². The Morgan fingerprint density at radius 3 is 2.71 bits per heavy atom. The van der Waals surface area contributed by atoms with E-state index >= 15 is 0 Å². The molecule has 0 saturated carbocycles. The highest BCUT2D eigenvalue weighted by molar-refractivity contribution is 6.08. The Labute approximate surface area is 121 Å². The van der Waals surface area contributed by atoms with Gasteiger partial charge in [0.2, 0.25) is 0 Å². The SMILES string of the molecule is Nc1ncc(C(=O)NCc2cccnn2)c2ccccc12. The second kappa shape index (κ2) is 5.54. The van der Waals surface area contributed by atoms with E-state index in [0.717, 1.165) is 10.8 Å². The fourth-order valence-electron chi connectivity index (χ4n) is 2.09. The van der Waals surface area contributed by atoms with E-state index in [-0.39, 0.29) is 5.91 Å². The normalized spacial score (nSPS) is 10.5. The van der Waals surface area contributed by atoms with Crippen LogP contribution in [0.15, 0.2) is 48.8 Å². The predicted octanol–water partition coefficient (Wildman–Crippen LogP) is 1.54. The lowest BCUT2D eigenvalue weighted by Gasteiger charge is -2.08. The average Bonchev–Trinajstić information content (AvgIpc) is 2.54. The Kier molecular flexibility index (Phi) is 3.42. The quantitative estimate of drug-likeness (QED) is 0.758. The van der Waals surface area contributed by atoms with E-state index in [2.05, 4.69) is 20.5 Å². The first-order valence-electron chi connectivity index (χ1n) is 6.43. The zero-order chi connectivity index (χ0) is 14.7. The van der Waals surface area contributed by atoms with Crippen LogP contribution in [0.25, 0.3) is 10.8 Å². The number of fused-ring (bicyclic) bond motifs is 1. The number of nitrogens with zero attached hydrogens (tertiary/aromatic N) is 3. The van der Waals surface area contributed by atoms with Gasteiger partial charge in [0.15, 0.2) is 0 Å². The number of nitrogen functional groups attached to an aromatic ring is 1. The zero-order valence-corrected chi connectivity index (χ0v) is 11.2. The summed E-state index contributed by atoms with van der Waals surface area (Å²) in [6.45, 7) is 0.311. The van der Waals surface area contributed by atoms with E-state index in [0.29, 0.717) is 23.6 Å². The maximum atomic E-state index is 12.3. The summed E-state index contributed by atoms with van der Waals surface area (Å²) in [5.74, 6) is 0.195. The molecule has 6 nitrogen and oxygen atoms in total. The third kappa shape index (κ3) is 2.64. The van der Waals surface area contributed by atoms with Crippen LogP contribution >= 0.6 is 0 Å². The number of rotatable bonds is 3. The van der Waals surface area contributed by atoms with E-state index in [1.807, 2.05) is 24.3 Å². The lowest BCUT2D eigenvalue weighted by Crippen LogP contribution is -2.24. The van der Waals surface area contributed by atoms with Crippen molar-refractivity contribution in [1.82, 2.24) is 20.5 Å². The highest BCUT2D eigenvalue weighted by Gasteiger charge is 2.12. The van der Waals surface area contributed by atoms with Crippen molar-refractivity contribution in [3.05, 3.63) is 60.0 Å². The van der Waals surface area contributed by atoms with Crippen LogP contribution in [0.3, 0.4) is 0 Å². The largest absolute Gasteiger partial charge is 0.383 e. The molecule has 104 valence electrons. The highest BCUT2D eigenvalue weighted by atomic mass is 16.1. The minimum Gasteiger partial charge on any atom is -0.383 e. The molecule has 2 aromatic heterocycles. The molecule has 0 bridgehead atoms. The van der Waals surface area contributed by atoms with E-state index in [4.69, 9.17) is 5.73 Å². The molecule has 3 N–H and O–H groups in total. The van der Waals surface area contributed by atoms with Crippen LogP contribution in [-0.4, -0.2) is 21.1 Å². The van der Waals surface area contributed by atoms with Gasteiger partial charge in [-0.05, 0) is 17.5 Å². The average molecular weight is 279 g/mol. The molecule has 2 heterocycles. The number of anilines is 1. The van der Waals surface area contributed by atoms with Gasteiger partial charge in [0.1, 0.15) is 5.82 Å². The van der Waals surface area contributed by atoms with E-state index < -0.39 is 0 Å². The molecule has 0 aliphatic heterocycles. The molecule has 0 spiro atoms. The zero-order valence-electron chi connectivity index (χ0n) is 11.2. The number of carbonyl (C=O) groups is 1. The molecule has 0 unspecified atom stereocenters. The second-order valence-electron chi connectivity index (χ2n) is 4.50. The summed E-state index contributed by atoms with van der Waals surface area (Å²) in [4.78, 5) is 16.4. The summed E-state index contributed by atoms with van der Waals surface area (Å²) < 4.78 is 0. The molecule has 1 aromatic carbocycles. The van der Waals surface area contributed by atoms with Crippen LogP contribution in [0.1, 0.15) is 16.1 Å². The van der Waals surface area contributed by atoms with Crippen molar-refractivity contribution in [2.24, 2.45) is 0 Å². The van der Waals surface area contributed by atoms with Gasteiger partial charge in [-0.1, -0.05) is 24.3 Å². The Morgan fingerprint density at radius 1 is 1.14 bits per heavy atom. The smallest absolute Gasteiger partial charge is 0.253 e.